The topological polar surface area (TPSA) is 99.6 Å². The number of methoxy groups -OCH3 is 1. The number of carbonyl (C=O) groups is 1. The highest BCUT2D eigenvalue weighted by Gasteiger charge is 2.11. The minimum Gasteiger partial charge on any atom is -0.504 e. The molecular weight excluding hydrogens is 356 g/mol. The summed E-state index contributed by atoms with van der Waals surface area (Å²) in [5.74, 6) is -0.0141. The number of nitrogens with zero attached hydrogens (tertiary/aromatic N) is 2. The minimum absolute atomic E-state index is 0.0417. The van der Waals surface area contributed by atoms with E-state index >= 15 is 0 Å². The van der Waals surface area contributed by atoms with E-state index in [1.54, 1.807) is 25.1 Å². The number of hydrazone groups is 1. The lowest BCUT2D eigenvalue weighted by atomic mass is 10.1. The molecular formula is C21H22N4O3. The molecule has 0 spiro atoms. The standard InChI is InChI=1S/C21H22N4O3/c1-4-14-5-7-15(8-6-14)17-12-18(24-23-17)21(27)25-22-13(2)16-9-10-19(26)20(11-16)28-3/h5-12,26H,4H2,1-3H3,(H,23,24)(H,25,27). The third kappa shape index (κ3) is 4.20. The average molecular weight is 378 g/mol. The van der Waals surface area contributed by atoms with E-state index in [0.29, 0.717) is 22.8 Å². The number of phenols is 1. The van der Waals surface area contributed by atoms with Gasteiger partial charge in [-0.25, -0.2) is 5.43 Å². The number of aromatic nitrogens is 2. The number of carbonyl (C=O) groups excluding carboxylic acids is 1. The summed E-state index contributed by atoms with van der Waals surface area (Å²) in [6.45, 7) is 3.85. The molecule has 3 aromatic rings. The van der Waals surface area contributed by atoms with Crippen molar-refractivity contribution in [1.29, 1.82) is 0 Å². The Hall–Kier alpha value is -3.61. The molecule has 0 atom stereocenters. The van der Waals surface area contributed by atoms with Crippen LogP contribution in [0.1, 0.15) is 35.5 Å². The summed E-state index contributed by atoms with van der Waals surface area (Å²) in [6.07, 6.45) is 0.971. The van der Waals surface area contributed by atoms with E-state index in [9.17, 15) is 9.90 Å². The SMILES string of the molecule is CCc1ccc(-c2cc(C(=O)NN=C(C)c3ccc(O)c(OC)c3)[nH]n2)cc1. The van der Waals surface area contributed by atoms with E-state index in [1.165, 1.54) is 18.7 Å². The first-order valence-corrected chi connectivity index (χ1v) is 8.88. The van der Waals surface area contributed by atoms with Crippen LogP contribution >= 0.6 is 0 Å². The van der Waals surface area contributed by atoms with Gasteiger partial charge in [0.15, 0.2) is 11.5 Å². The average Bonchev–Trinajstić information content (AvgIpc) is 3.22. The molecule has 0 aliphatic heterocycles. The van der Waals surface area contributed by atoms with Gasteiger partial charge in [0.2, 0.25) is 0 Å². The molecule has 7 heteroatoms. The Morgan fingerprint density at radius 3 is 2.64 bits per heavy atom. The van der Waals surface area contributed by atoms with Crippen LogP contribution in [-0.4, -0.2) is 34.0 Å². The molecule has 0 unspecified atom stereocenters. The summed E-state index contributed by atoms with van der Waals surface area (Å²) in [6, 6.07) is 14.6. The van der Waals surface area contributed by atoms with E-state index < -0.39 is 5.91 Å². The monoisotopic (exact) mass is 378 g/mol. The summed E-state index contributed by atoms with van der Waals surface area (Å²) in [7, 11) is 1.47. The zero-order valence-corrected chi connectivity index (χ0v) is 16.0. The number of rotatable bonds is 6. The van der Waals surface area contributed by atoms with E-state index in [-0.39, 0.29) is 5.75 Å². The lowest BCUT2D eigenvalue weighted by molar-refractivity contribution is 0.0950. The first-order valence-electron chi connectivity index (χ1n) is 8.88. The lowest BCUT2D eigenvalue weighted by Crippen LogP contribution is -2.19. The smallest absolute Gasteiger partial charge is 0.289 e. The fourth-order valence-corrected chi connectivity index (χ4v) is 2.66. The molecule has 1 amide bonds. The molecule has 2 aromatic carbocycles. The third-order valence-corrected chi connectivity index (χ3v) is 4.40. The van der Waals surface area contributed by atoms with Gasteiger partial charge in [-0.3, -0.25) is 9.89 Å². The van der Waals surface area contributed by atoms with Crippen molar-refractivity contribution in [2.75, 3.05) is 7.11 Å². The molecule has 0 bridgehead atoms. The number of phenolic OH excluding ortho intramolecular Hbond substituents is 1. The van der Waals surface area contributed by atoms with Crippen molar-refractivity contribution in [3.63, 3.8) is 0 Å². The molecule has 144 valence electrons. The van der Waals surface area contributed by atoms with Gasteiger partial charge in [-0.05, 0) is 43.2 Å². The maximum Gasteiger partial charge on any atom is 0.289 e. The second kappa shape index (κ2) is 8.39. The molecule has 7 nitrogen and oxygen atoms in total. The zero-order valence-electron chi connectivity index (χ0n) is 16.0. The maximum absolute atomic E-state index is 12.3. The van der Waals surface area contributed by atoms with Crippen molar-refractivity contribution in [2.45, 2.75) is 20.3 Å². The summed E-state index contributed by atoms with van der Waals surface area (Å²) in [4.78, 5) is 12.3. The Morgan fingerprint density at radius 2 is 1.96 bits per heavy atom. The number of H-pyrrole nitrogens is 1. The van der Waals surface area contributed by atoms with Crippen LogP contribution in [0.3, 0.4) is 0 Å². The van der Waals surface area contributed by atoms with Gasteiger partial charge in [0.1, 0.15) is 5.69 Å². The molecule has 0 radical (unpaired) electrons. The van der Waals surface area contributed by atoms with Gasteiger partial charge in [0.05, 0.1) is 18.5 Å². The highest BCUT2D eigenvalue weighted by molar-refractivity contribution is 6.01. The van der Waals surface area contributed by atoms with Crippen LogP contribution in [-0.2, 0) is 6.42 Å². The van der Waals surface area contributed by atoms with Crippen LogP contribution in [0.2, 0.25) is 0 Å². The third-order valence-electron chi connectivity index (χ3n) is 4.40. The quantitative estimate of drug-likeness (QED) is 0.451. The van der Waals surface area contributed by atoms with Crippen molar-refractivity contribution in [3.05, 3.63) is 65.4 Å². The van der Waals surface area contributed by atoms with Gasteiger partial charge in [-0.2, -0.15) is 10.2 Å². The lowest BCUT2D eigenvalue weighted by Gasteiger charge is -2.06. The molecule has 0 aliphatic carbocycles. The number of ether oxygens (including phenoxy) is 1. The second-order valence-electron chi connectivity index (χ2n) is 6.24. The van der Waals surface area contributed by atoms with E-state index in [1.807, 2.05) is 24.3 Å². The number of benzene rings is 2. The first kappa shape index (κ1) is 19.2. The predicted octanol–water partition coefficient (Wildman–Crippen LogP) is 3.51. The molecule has 1 aromatic heterocycles. The molecule has 28 heavy (non-hydrogen) atoms. The van der Waals surface area contributed by atoms with Crippen LogP contribution < -0.4 is 10.2 Å². The van der Waals surface area contributed by atoms with Gasteiger partial charge < -0.3 is 9.84 Å². The van der Waals surface area contributed by atoms with Gasteiger partial charge in [0, 0.05) is 11.1 Å². The molecule has 1 heterocycles. The molecule has 0 aliphatic rings. The Morgan fingerprint density at radius 1 is 1.21 bits per heavy atom. The highest BCUT2D eigenvalue weighted by atomic mass is 16.5. The van der Waals surface area contributed by atoms with Gasteiger partial charge in [-0.1, -0.05) is 31.2 Å². The van der Waals surface area contributed by atoms with Crippen molar-refractivity contribution in [1.82, 2.24) is 15.6 Å². The number of hydrogen-bond donors (Lipinski definition) is 3. The largest absolute Gasteiger partial charge is 0.504 e. The Kier molecular flexibility index (Phi) is 5.74. The first-order chi connectivity index (χ1) is 13.5. The summed E-state index contributed by atoms with van der Waals surface area (Å²) >= 11 is 0. The summed E-state index contributed by atoms with van der Waals surface area (Å²) < 4.78 is 5.08. The van der Waals surface area contributed by atoms with E-state index in [4.69, 9.17) is 4.74 Å². The van der Waals surface area contributed by atoms with E-state index in [0.717, 1.165) is 17.5 Å². The molecule has 0 fully saturated rings. The van der Waals surface area contributed by atoms with Gasteiger partial charge in [-0.15, -0.1) is 0 Å². The number of amides is 1. The van der Waals surface area contributed by atoms with Crippen LogP contribution in [0, 0.1) is 0 Å². The van der Waals surface area contributed by atoms with Crippen molar-refractivity contribution >= 4 is 11.6 Å². The second-order valence-corrected chi connectivity index (χ2v) is 6.24. The summed E-state index contributed by atoms with van der Waals surface area (Å²) in [5, 5.41) is 20.7. The van der Waals surface area contributed by atoms with Crippen molar-refractivity contribution in [2.24, 2.45) is 5.10 Å². The zero-order chi connectivity index (χ0) is 20.1. The Labute approximate surface area is 163 Å². The predicted molar refractivity (Wildman–Crippen MR) is 108 cm³/mol. The highest BCUT2D eigenvalue weighted by Crippen LogP contribution is 2.26. The summed E-state index contributed by atoms with van der Waals surface area (Å²) in [5.41, 5.74) is 6.98. The Bertz CT molecular complexity index is 1010. The number of aromatic amines is 1. The van der Waals surface area contributed by atoms with Crippen LogP contribution in [0.5, 0.6) is 11.5 Å². The van der Waals surface area contributed by atoms with Crippen molar-refractivity contribution < 1.29 is 14.6 Å². The van der Waals surface area contributed by atoms with Gasteiger partial charge >= 0.3 is 0 Å². The van der Waals surface area contributed by atoms with Crippen LogP contribution in [0.25, 0.3) is 11.3 Å². The normalized spacial score (nSPS) is 11.3. The van der Waals surface area contributed by atoms with Crippen LogP contribution in [0.15, 0.2) is 53.6 Å². The number of aryl methyl sites for hydroxylation is 1. The maximum atomic E-state index is 12.3. The number of aromatic hydroxyl groups is 1. The number of hydrogen-bond acceptors (Lipinski definition) is 5. The molecule has 0 saturated carbocycles. The van der Waals surface area contributed by atoms with Crippen LogP contribution in [0.4, 0.5) is 0 Å². The fourth-order valence-electron chi connectivity index (χ4n) is 2.66. The Balaban J connectivity index is 1.71. The minimum atomic E-state index is -0.394. The molecule has 3 rings (SSSR count). The van der Waals surface area contributed by atoms with Crippen molar-refractivity contribution in [3.8, 4) is 22.8 Å². The molecule has 3 N–H and O–H groups in total. The van der Waals surface area contributed by atoms with E-state index in [2.05, 4.69) is 27.6 Å². The van der Waals surface area contributed by atoms with Gasteiger partial charge in [0.25, 0.3) is 5.91 Å². The number of nitrogens with one attached hydrogen (secondary N) is 2. The fraction of sp³-hybridized carbons (Fsp3) is 0.190. The molecule has 0 saturated heterocycles.